The number of benzene rings is 1. The Labute approximate surface area is 163 Å². The summed E-state index contributed by atoms with van der Waals surface area (Å²) in [5.41, 5.74) is 4.55. The molecule has 7 nitrogen and oxygen atoms in total. The van der Waals surface area contributed by atoms with Gasteiger partial charge < -0.3 is 5.32 Å². The van der Waals surface area contributed by atoms with E-state index in [9.17, 15) is 9.59 Å². The third-order valence-electron chi connectivity index (χ3n) is 5.41. The number of aryl methyl sites for hydroxylation is 2. The largest absolute Gasteiger partial charge is 0.342 e. The maximum atomic E-state index is 12.9. The van der Waals surface area contributed by atoms with Gasteiger partial charge in [-0.3, -0.25) is 14.3 Å². The second kappa shape index (κ2) is 7.07. The maximum Gasteiger partial charge on any atom is 0.293 e. The van der Waals surface area contributed by atoms with E-state index in [0.29, 0.717) is 17.0 Å². The molecule has 7 heteroatoms. The van der Waals surface area contributed by atoms with Crippen LogP contribution in [0.25, 0.3) is 5.69 Å². The molecule has 1 atom stereocenters. The number of carbonyl (C=O) groups is 2. The fraction of sp³-hybridized carbons (Fsp3) is 0.333. The van der Waals surface area contributed by atoms with Crippen molar-refractivity contribution in [1.29, 1.82) is 0 Å². The Morgan fingerprint density at radius 2 is 1.93 bits per heavy atom. The van der Waals surface area contributed by atoms with Gasteiger partial charge in [0.15, 0.2) is 0 Å². The first-order valence-corrected chi connectivity index (χ1v) is 9.45. The second-order valence-electron chi connectivity index (χ2n) is 7.21. The molecule has 0 aliphatic heterocycles. The van der Waals surface area contributed by atoms with Crippen LogP contribution in [0.5, 0.6) is 0 Å². The Kier molecular flexibility index (Phi) is 4.58. The minimum atomic E-state index is -0.597. The van der Waals surface area contributed by atoms with Gasteiger partial charge in [-0.05, 0) is 45.2 Å². The highest BCUT2D eigenvalue weighted by molar-refractivity contribution is 6.43. The molecule has 2 aromatic heterocycles. The quantitative estimate of drug-likeness (QED) is 0.560. The van der Waals surface area contributed by atoms with Crippen LogP contribution in [0.1, 0.15) is 51.9 Å². The summed E-state index contributed by atoms with van der Waals surface area (Å²) in [4.78, 5) is 25.7. The molecule has 1 unspecified atom stereocenters. The summed E-state index contributed by atoms with van der Waals surface area (Å²) in [6.07, 6.45) is 4.48. The van der Waals surface area contributed by atoms with Crippen molar-refractivity contribution in [2.45, 2.75) is 39.2 Å². The lowest BCUT2D eigenvalue weighted by Crippen LogP contribution is -2.36. The summed E-state index contributed by atoms with van der Waals surface area (Å²) in [6.45, 7) is 3.57. The molecule has 0 saturated carbocycles. The Balaban J connectivity index is 1.59. The number of ketones is 1. The normalized spacial score (nSPS) is 15.9. The first-order valence-electron chi connectivity index (χ1n) is 9.45. The first-order chi connectivity index (χ1) is 13.5. The van der Waals surface area contributed by atoms with Crippen molar-refractivity contribution < 1.29 is 9.59 Å². The molecule has 0 bridgehead atoms. The Bertz CT molecular complexity index is 1050. The van der Waals surface area contributed by atoms with E-state index in [4.69, 9.17) is 0 Å². The standard InChI is InChI=1S/C21H23N5O2/c1-13-19(14(2)26(24-13)15-8-5-4-6-9-15)20(27)21(28)23-17-10-7-11-18-16(17)12-22-25(18)3/h4-6,8-9,12,17H,7,10-11H2,1-3H3,(H,23,28). The average Bonchev–Trinajstić information content (AvgIpc) is 3.22. The van der Waals surface area contributed by atoms with Crippen molar-refractivity contribution in [1.82, 2.24) is 24.9 Å². The van der Waals surface area contributed by atoms with Gasteiger partial charge in [-0.15, -0.1) is 0 Å². The number of para-hydroxylation sites is 1. The van der Waals surface area contributed by atoms with Gasteiger partial charge in [-0.2, -0.15) is 10.2 Å². The maximum absolute atomic E-state index is 12.9. The zero-order valence-electron chi connectivity index (χ0n) is 16.3. The molecule has 28 heavy (non-hydrogen) atoms. The lowest BCUT2D eigenvalue weighted by molar-refractivity contribution is -0.117. The van der Waals surface area contributed by atoms with E-state index in [1.165, 1.54) is 0 Å². The highest BCUT2D eigenvalue weighted by Crippen LogP contribution is 2.29. The number of nitrogens with one attached hydrogen (secondary N) is 1. The molecule has 1 aliphatic carbocycles. The number of Topliss-reactive ketones (excluding diaryl/α,β-unsaturated/α-hetero) is 1. The Morgan fingerprint density at radius 1 is 1.18 bits per heavy atom. The van der Waals surface area contributed by atoms with Crippen molar-refractivity contribution in [3.8, 4) is 5.69 Å². The minimum Gasteiger partial charge on any atom is -0.342 e. The fourth-order valence-electron chi connectivity index (χ4n) is 3.99. The number of nitrogens with zero attached hydrogens (tertiary/aromatic N) is 4. The van der Waals surface area contributed by atoms with Gasteiger partial charge >= 0.3 is 0 Å². The molecule has 1 N–H and O–H groups in total. The predicted molar refractivity (Wildman–Crippen MR) is 104 cm³/mol. The highest BCUT2D eigenvalue weighted by Gasteiger charge is 2.30. The number of fused-ring (bicyclic) bond motifs is 1. The Morgan fingerprint density at radius 3 is 2.68 bits per heavy atom. The van der Waals surface area contributed by atoms with Gasteiger partial charge in [0.25, 0.3) is 11.7 Å². The molecule has 1 aliphatic rings. The lowest BCUT2D eigenvalue weighted by atomic mass is 9.92. The number of amides is 1. The predicted octanol–water partition coefficient (Wildman–Crippen LogP) is 2.60. The molecular weight excluding hydrogens is 354 g/mol. The van der Waals surface area contributed by atoms with Crippen LogP contribution in [0.3, 0.4) is 0 Å². The third kappa shape index (κ3) is 3.02. The van der Waals surface area contributed by atoms with Crippen LogP contribution in [-0.4, -0.2) is 31.3 Å². The van der Waals surface area contributed by atoms with Crippen molar-refractivity contribution >= 4 is 11.7 Å². The van der Waals surface area contributed by atoms with Crippen LogP contribution >= 0.6 is 0 Å². The smallest absolute Gasteiger partial charge is 0.293 e. The topological polar surface area (TPSA) is 81.8 Å². The van der Waals surface area contributed by atoms with E-state index in [-0.39, 0.29) is 6.04 Å². The summed E-state index contributed by atoms with van der Waals surface area (Å²) >= 11 is 0. The lowest BCUT2D eigenvalue weighted by Gasteiger charge is -2.23. The zero-order chi connectivity index (χ0) is 19.8. The molecule has 144 valence electrons. The molecular formula is C21H23N5O2. The molecule has 0 radical (unpaired) electrons. The summed E-state index contributed by atoms with van der Waals surface area (Å²) in [6, 6.07) is 9.40. The SMILES string of the molecule is Cc1nn(-c2ccccc2)c(C)c1C(=O)C(=O)NC1CCCc2c1cnn2C. The van der Waals surface area contributed by atoms with Crippen molar-refractivity contribution in [3.63, 3.8) is 0 Å². The molecule has 4 rings (SSSR count). The van der Waals surface area contributed by atoms with E-state index in [2.05, 4.69) is 15.5 Å². The molecule has 3 aromatic rings. The highest BCUT2D eigenvalue weighted by atomic mass is 16.2. The van der Waals surface area contributed by atoms with Gasteiger partial charge in [-0.1, -0.05) is 18.2 Å². The molecule has 2 heterocycles. The number of rotatable bonds is 4. The zero-order valence-corrected chi connectivity index (χ0v) is 16.3. The first kappa shape index (κ1) is 18.2. The Hall–Kier alpha value is -3.22. The van der Waals surface area contributed by atoms with Gasteiger partial charge in [0.05, 0.1) is 34.9 Å². The van der Waals surface area contributed by atoms with Crippen LogP contribution < -0.4 is 5.32 Å². The number of hydrogen-bond donors (Lipinski definition) is 1. The summed E-state index contributed by atoms with van der Waals surface area (Å²) in [7, 11) is 1.90. The van der Waals surface area contributed by atoms with Gasteiger partial charge in [0.2, 0.25) is 0 Å². The fourth-order valence-corrected chi connectivity index (χ4v) is 3.99. The van der Waals surface area contributed by atoms with Crippen LogP contribution in [-0.2, 0) is 18.3 Å². The molecule has 0 spiro atoms. The van der Waals surface area contributed by atoms with E-state index >= 15 is 0 Å². The molecule has 0 saturated heterocycles. The average molecular weight is 377 g/mol. The molecule has 1 aromatic carbocycles. The molecule has 1 amide bonds. The minimum absolute atomic E-state index is 0.182. The van der Waals surface area contributed by atoms with E-state index < -0.39 is 11.7 Å². The number of carbonyl (C=O) groups excluding carboxylic acids is 2. The van der Waals surface area contributed by atoms with Crippen LogP contribution in [0, 0.1) is 13.8 Å². The van der Waals surface area contributed by atoms with Crippen LogP contribution in [0.15, 0.2) is 36.5 Å². The monoisotopic (exact) mass is 377 g/mol. The molecule has 0 fully saturated rings. The van der Waals surface area contributed by atoms with E-state index in [1.54, 1.807) is 17.8 Å². The van der Waals surface area contributed by atoms with Crippen LogP contribution in [0.4, 0.5) is 0 Å². The van der Waals surface area contributed by atoms with Crippen LogP contribution in [0.2, 0.25) is 0 Å². The van der Waals surface area contributed by atoms with E-state index in [0.717, 1.165) is 36.2 Å². The van der Waals surface area contributed by atoms with Crippen molar-refractivity contribution in [3.05, 3.63) is 64.7 Å². The van der Waals surface area contributed by atoms with Crippen molar-refractivity contribution in [2.24, 2.45) is 7.05 Å². The van der Waals surface area contributed by atoms with Gasteiger partial charge in [-0.25, -0.2) is 4.68 Å². The van der Waals surface area contributed by atoms with Gasteiger partial charge in [0.1, 0.15) is 0 Å². The number of hydrogen-bond acceptors (Lipinski definition) is 4. The van der Waals surface area contributed by atoms with E-state index in [1.807, 2.05) is 49.0 Å². The second-order valence-corrected chi connectivity index (χ2v) is 7.21. The third-order valence-corrected chi connectivity index (χ3v) is 5.41. The summed E-state index contributed by atoms with van der Waals surface area (Å²) < 4.78 is 3.54. The summed E-state index contributed by atoms with van der Waals surface area (Å²) in [5, 5.41) is 11.7. The van der Waals surface area contributed by atoms with Crippen molar-refractivity contribution in [2.75, 3.05) is 0 Å². The van der Waals surface area contributed by atoms with Gasteiger partial charge in [0, 0.05) is 18.3 Å². The number of aromatic nitrogens is 4. The summed E-state index contributed by atoms with van der Waals surface area (Å²) in [5.74, 6) is -1.14.